The maximum atomic E-state index is 5.68. The van der Waals surface area contributed by atoms with Gasteiger partial charge in [-0.25, -0.2) is 4.98 Å². The molecule has 0 saturated heterocycles. The van der Waals surface area contributed by atoms with Crippen LogP contribution in [-0.4, -0.2) is 11.1 Å². The van der Waals surface area contributed by atoms with Crippen LogP contribution in [0.25, 0.3) is 0 Å². The molecule has 13 heavy (non-hydrogen) atoms. The molecule has 1 aliphatic carbocycles. The summed E-state index contributed by atoms with van der Waals surface area (Å²) in [6.45, 7) is 0.496. The van der Waals surface area contributed by atoms with E-state index in [2.05, 4.69) is 4.98 Å². The van der Waals surface area contributed by atoms with Gasteiger partial charge in [-0.2, -0.15) is 0 Å². The van der Waals surface area contributed by atoms with Gasteiger partial charge in [0, 0.05) is 18.3 Å². The Bertz CT molecular complexity index is 284. The van der Waals surface area contributed by atoms with Gasteiger partial charge in [-0.1, -0.05) is 6.07 Å². The van der Waals surface area contributed by atoms with Gasteiger partial charge in [0.05, 0.1) is 0 Å². The molecule has 1 fully saturated rings. The number of pyridine rings is 1. The number of rotatable bonds is 3. The third-order valence-corrected chi connectivity index (χ3v) is 2.40. The molecular weight excluding hydrogens is 164 g/mol. The topological polar surface area (TPSA) is 48.1 Å². The highest BCUT2D eigenvalue weighted by atomic mass is 16.5. The molecule has 0 unspecified atom stereocenters. The second-order valence-electron chi connectivity index (χ2n) is 3.34. The maximum absolute atomic E-state index is 5.68. The van der Waals surface area contributed by atoms with Crippen molar-refractivity contribution < 1.29 is 4.74 Å². The average molecular weight is 178 g/mol. The number of nitrogens with zero attached hydrogens (tertiary/aromatic N) is 1. The first-order valence-electron chi connectivity index (χ1n) is 4.71. The van der Waals surface area contributed by atoms with E-state index in [1.807, 2.05) is 12.1 Å². The Balaban J connectivity index is 2.08. The molecule has 2 rings (SSSR count). The Hall–Kier alpha value is -1.09. The number of ether oxygens (including phenoxy) is 1. The normalized spacial score (nSPS) is 16.7. The number of aromatic nitrogens is 1. The molecule has 1 aromatic heterocycles. The minimum atomic E-state index is 0.375. The Morgan fingerprint density at radius 2 is 2.38 bits per heavy atom. The first-order chi connectivity index (χ1) is 6.40. The third-order valence-electron chi connectivity index (χ3n) is 2.40. The molecule has 3 nitrogen and oxygen atoms in total. The van der Waals surface area contributed by atoms with Gasteiger partial charge in [0.25, 0.3) is 0 Å². The van der Waals surface area contributed by atoms with Gasteiger partial charge in [-0.3, -0.25) is 0 Å². The minimum Gasteiger partial charge on any atom is -0.474 e. The summed E-state index contributed by atoms with van der Waals surface area (Å²) in [5, 5.41) is 0. The predicted molar refractivity (Wildman–Crippen MR) is 50.4 cm³/mol. The number of hydrogen-bond acceptors (Lipinski definition) is 3. The molecule has 0 amide bonds. The molecule has 0 spiro atoms. The van der Waals surface area contributed by atoms with Crippen LogP contribution in [0.4, 0.5) is 0 Å². The maximum Gasteiger partial charge on any atom is 0.218 e. The molecule has 0 aromatic carbocycles. The van der Waals surface area contributed by atoms with E-state index in [0.717, 1.165) is 24.3 Å². The largest absolute Gasteiger partial charge is 0.474 e. The Morgan fingerprint density at radius 3 is 3.00 bits per heavy atom. The Morgan fingerprint density at radius 1 is 1.54 bits per heavy atom. The van der Waals surface area contributed by atoms with Crippen LogP contribution >= 0.6 is 0 Å². The molecule has 0 radical (unpaired) electrons. The number of hydrogen-bond donors (Lipinski definition) is 1. The van der Waals surface area contributed by atoms with Crippen molar-refractivity contribution in [1.29, 1.82) is 0 Å². The highest BCUT2D eigenvalue weighted by Crippen LogP contribution is 2.25. The summed E-state index contributed by atoms with van der Waals surface area (Å²) in [6, 6.07) is 3.84. The van der Waals surface area contributed by atoms with Crippen LogP contribution < -0.4 is 10.5 Å². The quantitative estimate of drug-likeness (QED) is 0.762. The molecular formula is C10H14N2O. The molecule has 0 aliphatic heterocycles. The van der Waals surface area contributed by atoms with Gasteiger partial charge < -0.3 is 10.5 Å². The van der Waals surface area contributed by atoms with Gasteiger partial charge in [0.15, 0.2) is 0 Å². The van der Waals surface area contributed by atoms with E-state index in [1.54, 1.807) is 6.20 Å². The van der Waals surface area contributed by atoms with Crippen molar-refractivity contribution in [2.24, 2.45) is 5.73 Å². The van der Waals surface area contributed by atoms with Gasteiger partial charge in [0.2, 0.25) is 5.88 Å². The first kappa shape index (κ1) is 8.51. The summed E-state index contributed by atoms with van der Waals surface area (Å²) < 4.78 is 5.68. The lowest BCUT2D eigenvalue weighted by Gasteiger charge is -2.26. The van der Waals surface area contributed by atoms with Crippen molar-refractivity contribution in [1.82, 2.24) is 4.98 Å². The summed E-state index contributed by atoms with van der Waals surface area (Å²) in [4.78, 5) is 4.17. The van der Waals surface area contributed by atoms with E-state index in [0.29, 0.717) is 12.6 Å². The van der Waals surface area contributed by atoms with Crippen molar-refractivity contribution in [3.05, 3.63) is 23.9 Å². The van der Waals surface area contributed by atoms with Crippen molar-refractivity contribution in [2.75, 3.05) is 0 Å². The first-order valence-corrected chi connectivity index (χ1v) is 4.71. The van der Waals surface area contributed by atoms with E-state index in [-0.39, 0.29) is 0 Å². The second kappa shape index (κ2) is 3.75. The SMILES string of the molecule is NCc1cccnc1OC1CCC1. The van der Waals surface area contributed by atoms with Gasteiger partial charge in [0.1, 0.15) is 6.10 Å². The van der Waals surface area contributed by atoms with Crippen molar-refractivity contribution in [2.45, 2.75) is 31.9 Å². The monoisotopic (exact) mass is 178 g/mol. The lowest BCUT2D eigenvalue weighted by atomic mass is 9.96. The van der Waals surface area contributed by atoms with Gasteiger partial charge >= 0.3 is 0 Å². The summed E-state index contributed by atoms with van der Waals surface area (Å²) >= 11 is 0. The fraction of sp³-hybridized carbons (Fsp3) is 0.500. The van der Waals surface area contributed by atoms with E-state index in [1.165, 1.54) is 6.42 Å². The van der Waals surface area contributed by atoms with Crippen LogP contribution in [0, 0.1) is 0 Å². The zero-order valence-corrected chi connectivity index (χ0v) is 7.57. The molecule has 3 heteroatoms. The van der Waals surface area contributed by atoms with Crippen LogP contribution in [0.5, 0.6) is 5.88 Å². The van der Waals surface area contributed by atoms with Crippen LogP contribution in [-0.2, 0) is 6.54 Å². The fourth-order valence-corrected chi connectivity index (χ4v) is 1.33. The van der Waals surface area contributed by atoms with Crippen molar-refractivity contribution in [3.63, 3.8) is 0 Å². The Kier molecular flexibility index (Phi) is 2.45. The second-order valence-corrected chi connectivity index (χ2v) is 3.34. The van der Waals surface area contributed by atoms with Crippen molar-refractivity contribution >= 4 is 0 Å². The smallest absolute Gasteiger partial charge is 0.218 e. The molecule has 1 heterocycles. The van der Waals surface area contributed by atoms with E-state index >= 15 is 0 Å². The van der Waals surface area contributed by atoms with Gasteiger partial charge in [-0.15, -0.1) is 0 Å². The summed E-state index contributed by atoms with van der Waals surface area (Å²) in [5.41, 5.74) is 6.56. The molecule has 70 valence electrons. The standard InChI is InChI=1S/C10H14N2O/c11-7-8-3-2-6-12-10(8)13-9-4-1-5-9/h2-3,6,9H,1,4-5,7,11H2. The number of nitrogens with two attached hydrogens (primary N) is 1. The lowest BCUT2D eigenvalue weighted by molar-refractivity contribution is 0.113. The highest BCUT2D eigenvalue weighted by Gasteiger charge is 2.20. The molecule has 0 atom stereocenters. The van der Waals surface area contributed by atoms with Crippen LogP contribution in [0.15, 0.2) is 18.3 Å². The molecule has 1 saturated carbocycles. The zero-order valence-electron chi connectivity index (χ0n) is 7.57. The van der Waals surface area contributed by atoms with Crippen LogP contribution in [0.3, 0.4) is 0 Å². The van der Waals surface area contributed by atoms with Crippen molar-refractivity contribution in [3.8, 4) is 5.88 Å². The van der Waals surface area contributed by atoms with Crippen LogP contribution in [0.1, 0.15) is 24.8 Å². The third kappa shape index (κ3) is 1.80. The predicted octanol–water partition coefficient (Wildman–Crippen LogP) is 1.47. The van der Waals surface area contributed by atoms with E-state index in [9.17, 15) is 0 Å². The summed E-state index contributed by atoms with van der Waals surface area (Å²) in [7, 11) is 0. The fourth-order valence-electron chi connectivity index (χ4n) is 1.33. The average Bonchev–Trinajstić information content (AvgIpc) is 2.12. The Labute approximate surface area is 77.9 Å². The van der Waals surface area contributed by atoms with Gasteiger partial charge in [-0.05, 0) is 25.3 Å². The highest BCUT2D eigenvalue weighted by molar-refractivity contribution is 5.25. The molecule has 0 bridgehead atoms. The summed E-state index contributed by atoms with van der Waals surface area (Å²) in [6.07, 6.45) is 5.70. The zero-order chi connectivity index (χ0) is 9.10. The summed E-state index contributed by atoms with van der Waals surface area (Å²) in [5.74, 6) is 0.717. The molecule has 1 aliphatic rings. The minimum absolute atomic E-state index is 0.375. The molecule has 1 aromatic rings. The molecule has 2 N–H and O–H groups in total. The van der Waals surface area contributed by atoms with E-state index < -0.39 is 0 Å². The lowest BCUT2D eigenvalue weighted by Crippen LogP contribution is -2.25. The van der Waals surface area contributed by atoms with E-state index in [4.69, 9.17) is 10.5 Å². The van der Waals surface area contributed by atoms with Crippen LogP contribution in [0.2, 0.25) is 0 Å².